The van der Waals surface area contributed by atoms with E-state index in [0.29, 0.717) is 10.6 Å². The molecule has 2 rings (SSSR count). The molecule has 0 fully saturated rings. The van der Waals surface area contributed by atoms with Crippen LogP contribution in [0.3, 0.4) is 0 Å². The molecule has 1 heterocycles. The van der Waals surface area contributed by atoms with Crippen LogP contribution in [0.2, 0.25) is 0 Å². The number of aliphatic hydroxyl groups is 1. The van der Waals surface area contributed by atoms with Crippen LogP contribution >= 0.6 is 11.8 Å². The van der Waals surface area contributed by atoms with Crippen molar-refractivity contribution in [2.24, 2.45) is 0 Å². The molecule has 0 aliphatic carbocycles. The number of hydrogen-bond acceptors (Lipinski definition) is 4. The average molecular weight is 236 g/mol. The van der Waals surface area contributed by atoms with Crippen LogP contribution in [0, 0.1) is 5.82 Å². The van der Waals surface area contributed by atoms with Crippen LogP contribution in [0.5, 0.6) is 0 Å². The Morgan fingerprint density at radius 1 is 1.31 bits per heavy atom. The molecule has 0 aliphatic heterocycles. The van der Waals surface area contributed by atoms with Crippen LogP contribution in [0.1, 0.15) is 5.56 Å². The molecule has 2 aromatic rings. The van der Waals surface area contributed by atoms with Gasteiger partial charge in [0, 0.05) is 17.3 Å². The molecule has 0 aliphatic rings. The Bertz CT molecular complexity index is 479. The Morgan fingerprint density at radius 3 is 2.88 bits per heavy atom. The monoisotopic (exact) mass is 236 g/mol. The summed E-state index contributed by atoms with van der Waals surface area (Å²) < 4.78 is 12.9. The minimum atomic E-state index is -0.354. The molecule has 0 saturated heterocycles. The predicted octanol–water partition coefficient (Wildman–Crippen LogP) is 2.26. The van der Waals surface area contributed by atoms with Crippen molar-refractivity contribution in [1.29, 1.82) is 0 Å². The Hall–Kier alpha value is -1.46. The molecule has 1 aromatic heterocycles. The van der Waals surface area contributed by atoms with Crippen LogP contribution in [-0.4, -0.2) is 15.1 Å². The first-order valence-corrected chi connectivity index (χ1v) is 5.44. The Balaban J connectivity index is 2.28. The summed E-state index contributed by atoms with van der Waals surface area (Å²) in [6.45, 7) is -0.194. The largest absolute Gasteiger partial charge is 0.392 e. The first-order valence-electron chi connectivity index (χ1n) is 4.63. The van der Waals surface area contributed by atoms with Gasteiger partial charge in [-0.3, -0.25) is 4.98 Å². The molecule has 82 valence electrons. The van der Waals surface area contributed by atoms with Crippen LogP contribution < -0.4 is 0 Å². The Labute approximate surface area is 96.4 Å². The van der Waals surface area contributed by atoms with Crippen molar-refractivity contribution in [1.82, 2.24) is 9.97 Å². The van der Waals surface area contributed by atoms with Gasteiger partial charge in [0.25, 0.3) is 0 Å². The van der Waals surface area contributed by atoms with E-state index in [4.69, 9.17) is 5.11 Å². The summed E-state index contributed by atoms with van der Waals surface area (Å²) in [5.74, 6) is -0.354. The molecule has 1 aromatic carbocycles. The van der Waals surface area contributed by atoms with Crippen molar-refractivity contribution in [3.8, 4) is 0 Å². The maximum absolute atomic E-state index is 12.9. The van der Waals surface area contributed by atoms with Crippen LogP contribution in [0.15, 0.2) is 46.7 Å². The molecular formula is C11H9FN2OS. The van der Waals surface area contributed by atoms with Gasteiger partial charge in [-0.05, 0) is 23.8 Å². The van der Waals surface area contributed by atoms with E-state index in [1.54, 1.807) is 24.7 Å². The smallest absolute Gasteiger partial charge is 0.123 e. The summed E-state index contributed by atoms with van der Waals surface area (Å²) in [5.41, 5.74) is 0.552. The lowest BCUT2D eigenvalue weighted by molar-refractivity contribution is 0.278. The second kappa shape index (κ2) is 5.05. The number of benzene rings is 1. The fourth-order valence-electron chi connectivity index (χ4n) is 1.22. The molecule has 0 bridgehead atoms. The van der Waals surface area contributed by atoms with E-state index in [1.165, 1.54) is 23.9 Å². The van der Waals surface area contributed by atoms with E-state index in [2.05, 4.69) is 9.97 Å². The molecule has 0 atom stereocenters. The summed E-state index contributed by atoms with van der Waals surface area (Å²) in [4.78, 5) is 8.81. The summed E-state index contributed by atoms with van der Waals surface area (Å²) in [5, 5.41) is 9.82. The average Bonchev–Trinajstić information content (AvgIpc) is 2.33. The SMILES string of the molecule is OCc1cc(F)ccc1Sc1cnccn1. The van der Waals surface area contributed by atoms with E-state index in [1.807, 2.05) is 0 Å². The summed E-state index contributed by atoms with van der Waals surface area (Å²) in [7, 11) is 0. The quantitative estimate of drug-likeness (QED) is 0.888. The van der Waals surface area contributed by atoms with E-state index in [9.17, 15) is 4.39 Å². The summed E-state index contributed by atoms with van der Waals surface area (Å²) >= 11 is 1.35. The molecule has 5 heteroatoms. The number of rotatable bonds is 3. The molecule has 0 unspecified atom stereocenters. The second-order valence-corrected chi connectivity index (χ2v) is 4.12. The van der Waals surface area contributed by atoms with Gasteiger partial charge in [-0.25, -0.2) is 9.37 Å². The maximum atomic E-state index is 12.9. The van der Waals surface area contributed by atoms with Gasteiger partial charge in [0.1, 0.15) is 10.8 Å². The highest BCUT2D eigenvalue weighted by Crippen LogP contribution is 2.28. The third kappa shape index (κ3) is 2.56. The Kier molecular flexibility index (Phi) is 3.48. The summed E-state index contributed by atoms with van der Waals surface area (Å²) in [6, 6.07) is 4.30. The normalized spacial score (nSPS) is 10.4. The van der Waals surface area contributed by atoms with Crippen molar-refractivity contribution in [3.63, 3.8) is 0 Å². The van der Waals surface area contributed by atoms with Gasteiger partial charge in [-0.2, -0.15) is 0 Å². The number of halogens is 1. The lowest BCUT2D eigenvalue weighted by Crippen LogP contribution is -1.90. The highest BCUT2D eigenvalue weighted by molar-refractivity contribution is 7.99. The standard InChI is InChI=1S/C11H9FN2OS/c12-9-1-2-10(8(5-9)7-15)16-11-6-13-3-4-14-11/h1-6,15H,7H2. The first-order chi connectivity index (χ1) is 7.79. The third-order valence-corrected chi connectivity index (χ3v) is 2.99. The van der Waals surface area contributed by atoms with Gasteiger partial charge in [-0.1, -0.05) is 11.8 Å². The van der Waals surface area contributed by atoms with Gasteiger partial charge in [-0.15, -0.1) is 0 Å². The topological polar surface area (TPSA) is 46.0 Å². The van der Waals surface area contributed by atoms with E-state index in [-0.39, 0.29) is 12.4 Å². The highest BCUT2D eigenvalue weighted by Gasteiger charge is 2.05. The number of aromatic nitrogens is 2. The number of aliphatic hydroxyl groups excluding tert-OH is 1. The lowest BCUT2D eigenvalue weighted by atomic mass is 10.2. The highest BCUT2D eigenvalue weighted by atomic mass is 32.2. The molecule has 3 nitrogen and oxygen atoms in total. The fourth-order valence-corrected chi connectivity index (χ4v) is 2.07. The molecule has 0 amide bonds. The lowest BCUT2D eigenvalue weighted by Gasteiger charge is -2.05. The molecule has 16 heavy (non-hydrogen) atoms. The Morgan fingerprint density at radius 2 is 2.19 bits per heavy atom. The molecule has 0 saturated carbocycles. The molecule has 0 radical (unpaired) electrons. The number of hydrogen-bond donors (Lipinski definition) is 1. The van der Waals surface area contributed by atoms with E-state index < -0.39 is 0 Å². The van der Waals surface area contributed by atoms with E-state index >= 15 is 0 Å². The second-order valence-electron chi connectivity index (χ2n) is 3.06. The summed E-state index contributed by atoms with van der Waals surface area (Å²) in [6.07, 6.45) is 4.79. The van der Waals surface area contributed by atoms with E-state index in [0.717, 1.165) is 4.90 Å². The van der Waals surface area contributed by atoms with Crippen molar-refractivity contribution >= 4 is 11.8 Å². The van der Waals surface area contributed by atoms with Gasteiger partial charge in [0.15, 0.2) is 0 Å². The minimum Gasteiger partial charge on any atom is -0.392 e. The minimum absolute atomic E-state index is 0.194. The van der Waals surface area contributed by atoms with Gasteiger partial charge >= 0.3 is 0 Å². The van der Waals surface area contributed by atoms with Gasteiger partial charge in [0.05, 0.1) is 12.8 Å². The van der Waals surface area contributed by atoms with Crippen LogP contribution in [-0.2, 0) is 6.61 Å². The first kappa shape index (κ1) is 11.0. The molecule has 0 spiro atoms. The zero-order valence-electron chi connectivity index (χ0n) is 8.30. The zero-order valence-corrected chi connectivity index (χ0v) is 9.12. The van der Waals surface area contributed by atoms with Crippen molar-refractivity contribution in [2.45, 2.75) is 16.5 Å². The fraction of sp³-hybridized carbons (Fsp3) is 0.0909. The van der Waals surface area contributed by atoms with Crippen molar-refractivity contribution in [3.05, 3.63) is 48.2 Å². The van der Waals surface area contributed by atoms with Crippen molar-refractivity contribution in [2.75, 3.05) is 0 Å². The maximum Gasteiger partial charge on any atom is 0.123 e. The van der Waals surface area contributed by atoms with Crippen molar-refractivity contribution < 1.29 is 9.50 Å². The molecular weight excluding hydrogens is 227 g/mol. The zero-order chi connectivity index (χ0) is 11.4. The third-order valence-electron chi connectivity index (χ3n) is 1.95. The number of nitrogens with zero attached hydrogens (tertiary/aromatic N) is 2. The predicted molar refractivity (Wildman–Crippen MR) is 58.5 cm³/mol. The molecule has 1 N–H and O–H groups in total. The van der Waals surface area contributed by atoms with Gasteiger partial charge < -0.3 is 5.11 Å². The van der Waals surface area contributed by atoms with Crippen LogP contribution in [0.4, 0.5) is 4.39 Å². The van der Waals surface area contributed by atoms with Crippen LogP contribution in [0.25, 0.3) is 0 Å². The van der Waals surface area contributed by atoms with Gasteiger partial charge in [0.2, 0.25) is 0 Å².